The smallest absolute Gasteiger partial charge is 0.0931 e. The zero-order chi connectivity index (χ0) is 10.8. The quantitative estimate of drug-likeness (QED) is 0.792. The second kappa shape index (κ2) is 5.14. The third kappa shape index (κ3) is 2.74. The van der Waals surface area contributed by atoms with E-state index in [1.165, 1.54) is 13.3 Å². The molecule has 1 unspecified atom stereocenters. The van der Waals surface area contributed by atoms with E-state index in [1.54, 1.807) is 22.7 Å². The highest BCUT2D eigenvalue weighted by Gasteiger charge is 2.15. The standard InChI is InChI=1S/C10H9ClINS2/c1-13-10(6-4-9(12)14-5-6)7-2-3-8(11)15-7/h2-5,10,13H,1H3. The van der Waals surface area contributed by atoms with Crippen molar-refractivity contribution in [2.45, 2.75) is 6.04 Å². The van der Waals surface area contributed by atoms with Crippen molar-refractivity contribution >= 4 is 56.9 Å². The maximum Gasteiger partial charge on any atom is 0.0931 e. The summed E-state index contributed by atoms with van der Waals surface area (Å²) in [5, 5.41) is 5.51. The summed E-state index contributed by atoms with van der Waals surface area (Å²) >= 11 is 11.7. The first kappa shape index (κ1) is 11.9. The zero-order valence-electron chi connectivity index (χ0n) is 7.96. The van der Waals surface area contributed by atoms with Gasteiger partial charge in [0.1, 0.15) is 0 Å². The summed E-state index contributed by atoms with van der Waals surface area (Å²) in [7, 11) is 1.98. The van der Waals surface area contributed by atoms with Gasteiger partial charge in [0.2, 0.25) is 0 Å². The monoisotopic (exact) mass is 369 g/mol. The molecule has 2 aromatic heterocycles. The Bertz CT molecular complexity index is 411. The minimum Gasteiger partial charge on any atom is -0.309 e. The highest BCUT2D eigenvalue weighted by atomic mass is 127. The van der Waals surface area contributed by atoms with Crippen molar-refractivity contribution in [2.24, 2.45) is 0 Å². The number of thiophene rings is 2. The molecule has 1 nitrogen and oxygen atoms in total. The molecule has 0 bridgehead atoms. The van der Waals surface area contributed by atoms with Gasteiger partial charge in [0.15, 0.2) is 0 Å². The first-order chi connectivity index (χ1) is 7.20. The van der Waals surface area contributed by atoms with Crippen LogP contribution in [0.25, 0.3) is 0 Å². The molecule has 0 radical (unpaired) electrons. The molecule has 15 heavy (non-hydrogen) atoms. The lowest BCUT2D eigenvalue weighted by molar-refractivity contribution is 0.706. The first-order valence-electron chi connectivity index (χ1n) is 4.37. The van der Waals surface area contributed by atoms with Gasteiger partial charge in [0.05, 0.1) is 13.3 Å². The zero-order valence-corrected chi connectivity index (χ0v) is 12.5. The first-order valence-corrected chi connectivity index (χ1v) is 7.52. The molecule has 0 aliphatic carbocycles. The highest BCUT2D eigenvalue weighted by molar-refractivity contribution is 14.1. The Labute approximate surface area is 116 Å². The molecular weight excluding hydrogens is 361 g/mol. The third-order valence-electron chi connectivity index (χ3n) is 2.09. The number of nitrogens with one attached hydrogen (secondary N) is 1. The van der Waals surface area contributed by atoms with Gasteiger partial charge in [-0.1, -0.05) is 11.6 Å². The molecule has 2 rings (SSSR count). The van der Waals surface area contributed by atoms with Gasteiger partial charge >= 0.3 is 0 Å². The topological polar surface area (TPSA) is 12.0 Å². The van der Waals surface area contributed by atoms with Crippen LogP contribution in [0.5, 0.6) is 0 Å². The molecule has 0 amide bonds. The molecule has 0 aliphatic heterocycles. The van der Waals surface area contributed by atoms with Crippen LogP contribution in [0.4, 0.5) is 0 Å². The Hall–Kier alpha value is 0.380. The minimum absolute atomic E-state index is 0.266. The molecule has 0 fully saturated rings. The molecular formula is C10H9ClINS2. The van der Waals surface area contributed by atoms with Gasteiger partial charge < -0.3 is 5.32 Å². The lowest BCUT2D eigenvalue weighted by atomic mass is 10.1. The van der Waals surface area contributed by atoms with Crippen molar-refractivity contribution in [2.75, 3.05) is 7.05 Å². The molecule has 80 valence electrons. The molecule has 2 aromatic rings. The molecule has 0 spiro atoms. The summed E-state index contributed by atoms with van der Waals surface area (Å²) < 4.78 is 2.15. The number of hydrogen-bond acceptors (Lipinski definition) is 3. The van der Waals surface area contributed by atoms with E-state index in [-0.39, 0.29) is 6.04 Å². The van der Waals surface area contributed by atoms with Crippen molar-refractivity contribution in [1.29, 1.82) is 0 Å². The molecule has 2 heterocycles. The second-order valence-corrected chi connectivity index (χ2v) is 7.60. The summed E-state index contributed by atoms with van der Waals surface area (Å²) in [6, 6.07) is 6.50. The van der Waals surface area contributed by atoms with Crippen LogP contribution >= 0.6 is 56.9 Å². The lowest BCUT2D eigenvalue weighted by Gasteiger charge is -2.12. The summed E-state index contributed by atoms with van der Waals surface area (Å²) in [6.07, 6.45) is 0. The van der Waals surface area contributed by atoms with Crippen LogP contribution in [0.2, 0.25) is 4.34 Å². The summed E-state index contributed by atoms with van der Waals surface area (Å²) in [6.45, 7) is 0. The van der Waals surface area contributed by atoms with E-state index in [0.717, 1.165) is 4.34 Å². The van der Waals surface area contributed by atoms with E-state index in [1.807, 2.05) is 13.1 Å². The average molecular weight is 370 g/mol. The van der Waals surface area contributed by atoms with Crippen LogP contribution < -0.4 is 5.32 Å². The number of rotatable bonds is 3. The number of halogens is 2. The SMILES string of the molecule is CNC(c1csc(I)c1)c1ccc(Cl)s1. The molecule has 1 N–H and O–H groups in total. The normalized spacial score (nSPS) is 13.0. The molecule has 1 atom stereocenters. The molecule has 0 saturated carbocycles. The van der Waals surface area contributed by atoms with E-state index in [4.69, 9.17) is 11.6 Å². The van der Waals surface area contributed by atoms with Crippen molar-refractivity contribution < 1.29 is 0 Å². The Morgan fingerprint density at radius 1 is 1.47 bits per heavy atom. The fourth-order valence-corrected chi connectivity index (χ4v) is 4.03. The summed E-state index contributed by atoms with van der Waals surface area (Å²) in [4.78, 5) is 1.26. The fourth-order valence-electron chi connectivity index (χ4n) is 1.43. The molecule has 0 aliphatic rings. The maximum absolute atomic E-state index is 5.95. The van der Waals surface area contributed by atoms with E-state index >= 15 is 0 Å². The van der Waals surface area contributed by atoms with Crippen LogP contribution in [0.1, 0.15) is 16.5 Å². The van der Waals surface area contributed by atoms with Crippen LogP contribution in [0.15, 0.2) is 23.6 Å². The molecule has 0 saturated heterocycles. The predicted octanol–water partition coefficient (Wildman–Crippen LogP) is 4.38. The molecule has 5 heteroatoms. The Morgan fingerprint density at radius 2 is 2.27 bits per heavy atom. The van der Waals surface area contributed by atoms with E-state index < -0.39 is 0 Å². The third-order valence-corrected chi connectivity index (χ3v) is 5.19. The van der Waals surface area contributed by atoms with Crippen molar-refractivity contribution in [1.82, 2.24) is 5.32 Å². The second-order valence-electron chi connectivity index (χ2n) is 3.05. The van der Waals surface area contributed by atoms with Gasteiger partial charge in [0.25, 0.3) is 0 Å². The lowest BCUT2D eigenvalue weighted by Crippen LogP contribution is -2.15. The van der Waals surface area contributed by atoms with E-state index in [9.17, 15) is 0 Å². The van der Waals surface area contributed by atoms with Crippen molar-refractivity contribution in [3.05, 3.63) is 41.2 Å². The van der Waals surface area contributed by atoms with Crippen LogP contribution in [-0.4, -0.2) is 7.05 Å². The van der Waals surface area contributed by atoms with Crippen molar-refractivity contribution in [3.63, 3.8) is 0 Å². The van der Waals surface area contributed by atoms with Crippen molar-refractivity contribution in [3.8, 4) is 0 Å². The Morgan fingerprint density at radius 3 is 2.73 bits per heavy atom. The van der Waals surface area contributed by atoms with Crippen LogP contribution in [0.3, 0.4) is 0 Å². The average Bonchev–Trinajstić information content (AvgIpc) is 2.78. The van der Waals surface area contributed by atoms with Gasteiger partial charge in [0, 0.05) is 4.88 Å². The van der Waals surface area contributed by atoms with E-state index in [2.05, 4.69) is 45.4 Å². The number of hydrogen-bond donors (Lipinski definition) is 1. The maximum atomic E-state index is 5.95. The van der Waals surface area contributed by atoms with Gasteiger partial charge in [-0.25, -0.2) is 0 Å². The van der Waals surface area contributed by atoms with Gasteiger partial charge in [-0.2, -0.15) is 0 Å². The molecule has 0 aromatic carbocycles. The van der Waals surface area contributed by atoms with Gasteiger partial charge in [-0.3, -0.25) is 0 Å². The fraction of sp³-hybridized carbons (Fsp3) is 0.200. The van der Waals surface area contributed by atoms with E-state index in [0.29, 0.717) is 0 Å². The van der Waals surface area contributed by atoms with Crippen LogP contribution in [0, 0.1) is 2.88 Å². The van der Waals surface area contributed by atoms with Crippen LogP contribution in [-0.2, 0) is 0 Å². The Kier molecular flexibility index (Phi) is 4.06. The Balaban J connectivity index is 2.32. The summed E-state index contributed by atoms with van der Waals surface area (Å²) in [5.74, 6) is 0. The highest BCUT2D eigenvalue weighted by Crippen LogP contribution is 2.32. The van der Waals surface area contributed by atoms with Gasteiger partial charge in [-0.15, -0.1) is 22.7 Å². The predicted molar refractivity (Wildman–Crippen MR) is 77.3 cm³/mol. The largest absolute Gasteiger partial charge is 0.309 e. The van der Waals surface area contributed by atoms with Gasteiger partial charge in [-0.05, 0) is 58.8 Å². The minimum atomic E-state index is 0.266. The summed E-state index contributed by atoms with van der Waals surface area (Å²) in [5.41, 5.74) is 1.31.